The Morgan fingerprint density at radius 1 is 1.43 bits per heavy atom. The van der Waals surface area contributed by atoms with Crippen LogP contribution in [0.2, 0.25) is 0 Å². The van der Waals surface area contributed by atoms with Crippen molar-refractivity contribution in [2.24, 2.45) is 5.92 Å². The Kier molecular flexibility index (Phi) is 5.23. The molecular weight excluding hydrogens is 266 g/mol. The van der Waals surface area contributed by atoms with Gasteiger partial charge in [0.05, 0.1) is 25.7 Å². The zero-order valence-corrected chi connectivity index (χ0v) is 13.1. The summed E-state index contributed by atoms with van der Waals surface area (Å²) >= 11 is 0. The summed E-state index contributed by atoms with van der Waals surface area (Å²) in [6, 6.07) is 5.91. The highest BCUT2D eigenvalue weighted by Crippen LogP contribution is 2.24. The lowest BCUT2D eigenvalue weighted by atomic mass is 10.0. The summed E-state index contributed by atoms with van der Waals surface area (Å²) in [5.74, 6) is 1.29. The molecule has 1 fully saturated rings. The van der Waals surface area contributed by atoms with Gasteiger partial charge in [-0.3, -0.25) is 4.79 Å². The highest BCUT2D eigenvalue weighted by molar-refractivity contribution is 5.77. The minimum atomic E-state index is -0.0294. The van der Waals surface area contributed by atoms with Crippen molar-refractivity contribution >= 4 is 5.91 Å². The molecule has 1 aliphatic heterocycles. The maximum absolute atomic E-state index is 12.2. The Labute approximate surface area is 126 Å². The molecule has 0 saturated carbocycles. The number of aryl methyl sites for hydroxylation is 1. The Hall–Kier alpha value is -1.55. The van der Waals surface area contributed by atoms with Crippen molar-refractivity contribution in [3.63, 3.8) is 0 Å². The smallest absolute Gasteiger partial charge is 0.226 e. The Morgan fingerprint density at radius 2 is 2.19 bits per heavy atom. The van der Waals surface area contributed by atoms with E-state index in [1.807, 2.05) is 32.0 Å². The highest BCUT2D eigenvalue weighted by Gasteiger charge is 2.33. The third-order valence-electron chi connectivity index (χ3n) is 4.52. The Morgan fingerprint density at radius 3 is 2.90 bits per heavy atom. The molecule has 116 valence electrons. The molecule has 4 heteroatoms. The summed E-state index contributed by atoms with van der Waals surface area (Å²) < 4.78 is 5.73. The van der Waals surface area contributed by atoms with Gasteiger partial charge >= 0.3 is 0 Å². The van der Waals surface area contributed by atoms with E-state index in [1.54, 1.807) is 4.90 Å². The molecule has 1 heterocycles. The number of aliphatic hydroxyl groups excluding tert-OH is 1. The van der Waals surface area contributed by atoms with Crippen LogP contribution >= 0.6 is 0 Å². The van der Waals surface area contributed by atoms with E-state index in [1.165, 1.54) is 5.56 Å². The van der Waals surface area contributed by atoms with Crippen LogP contribution in [0.5, 0.6) is 5.75 Å². The zero-order chi connectivity index (χ0) is 15.4. The number of amides is 1. The van der Waals surface area contributed by atoms with E-state index in [-0.39, 0.29) is 18.6 Å². The fourth-order valence-electron chi connectivity index (χ4n) is 2.87. The lowest BCUT2D eigenvalue weighted by Crippen LogP contribution is -2.40. The average Bonchev–Trinajstić information content (AvgIpc) is 2.84. The average molecular weight is 291 g/mol. The van der Waals surface area contributed by atoms with Crippen LogP contribution in [-0.2, 0) is 4.79 Å². The van der Waals surface area contributed by atoms with Gasteiger partial charge in [-0.1, -0.05) is 19.1 Å². The monoisotopic (exact) mass is 291 g/mol. The Balaban J connectivity index is 1.86. The van der Waals surface area contributed by atoms with Gasteiger partial charge in [0, 0.05) is 6.54 Å². The first-order valence-corrected chi connectivity index (χ1v) is 7.64. The lowest BCUT2D eigenvalue weighted by molar-refractivity contribution is -0.133. The van der Waals surface area contributed by atoms with Gasteiger partial charge in [0.25, 0.3) is 0 Å². The van der Waals surface area contributed by atoms with Crippen LogP contribution < -0.4 is 4.74 Å². The third kappa shape index (κ3) is 3.56. The standard InChI is InChI=1S/C17H25NO3/c1-12-5-4-6-16(14(12)3)21-10-8-17(20)18-9-7-13(2)15(18)11-19/h4-6,13,15,19H,7-11H2,1-3H3. The minimum Gasteiger partial charge on any atom is -0.493 e. The van der Waals surface area contributed by atoms with E-state index in [9.17, 15) is 9.90 Å². The second-order valence-corrected chi connectivity index (χ2v) is 5.90. The summed E-state index contributed by atoms with van der Waals surface area (Å²) in [4.78, 5) is 14.0. The summed E-state index contributed by atoms with van der Waals surface area (Å²) in [6.45, 7) is 7.33. The van der Waals surface area contributed by atoms with Gasteiger partial charge in [-0.25, -0.2) is 0 Å². The van der Waals surface area contributed by atoms with Crippen LogP contribution in [0, 0.1) is 19.8 Å². The molecule has 21 heavy (non-hydrogen) atoms. The quantitative estimate of drug-likeness (QED) is 0.905. The number of likely N-dealkylation sites (tertiary alicyclic amines) is 1. The summed E-state index contributed by atoms with van der Waals surface area (Å²) in [5, 5.41) is 9.40. The molecule has 2 unspecified atom stereocenters. The minimum absolute atomic E-state index is 0.0294. The van der Waals surface area contributed by atoms with Gasteiger partial charge in [-0.15, -0.1) is 0 Å². The van der Waals surface area contributed by atoms with Crippen molar-refractivity contribution in [2.45, 2.75) is 39.7 Å². The van der Waals surface area contributed by atoms with E-state index in [0.29, 0.717) is 18.9 Å². The molecule has 2 atom stereocenters. The second-order valence-electron chi connectivity index (χ2n) is 5.90. The molecule has 1 aromatic rings. The first kappa shape index (κ1) is 15.8. The van der Waals surface area contributed by atoms with Crippen molar-refractivity contribution in [3.05, 3.63) is 29.3 Å². The third-order valence-corrected chi connectivity index (χ3v) is 4.52. The molecule has 1 aromatic carbocycles. The summed E-state index contributed by atoms with van der Waals surface area (Å²) in [7, 11) is 0. The number of ether oxygens (including phenoxy) is 1. The largest absolute Gasteiger partial charge is 0.493 e. The highest BCUT2D eigenvalue weighted by atomic mass is 16.5. The van der Waals surface area contributed by atoms with E-state index >= 15 is 0 Å². The van der Waals surface area contributed by atoms with Crippen molar-refractivity contribution in [1.82, 2.24) is 4.90 Å². The number of hydrogen-bond acceptors (Lipinski definition) is 3. The molecule has 1 N–H and O–H groups in total. The first-order chi connectivity index (χ1) is 10.0. The molecule has 1 saturated heterocycles. The summed E-state index contributed by atoms with van der Waals surface area (Å²) in [6.07, 6.45) is 1.32. The van der Waals surface area contributed by atoms with Crippen LogP contribution in [0.3, 0.4) is 0 Å². The van der Waals surface area contributed by atoms with Gasteiger partial charge in [0.1, 0.15) is 5.75 Å². The number of rotatable bonds is 5. The van der Waals surface area contributed by atoms with Crippen LogP contribution in [0.15, 0.2) is 18.2 Å². The number of carbonyl (C=O) groups excluding carboxylic acids is 1. The number of nitrogens with zero attached hydrogens (tertiary/aromatic N) is 1. The molecule has 0 aliphatic carbocycles. The van der Waals surface area contributed by atoms with Crippen molar-refractivity contribution in [3.8, 4) is 5.75 Å². The van der Waals surface area contributed by atoms with Crippen LogP contribution in [0.1, 0.15) is 30.9 Å². The predicted molar refractivity (Wildman–Crippen MR) is 82.4 cm³/mol. The molecule has 4 nitrogen and oxygen atoms in total. The predicted octanol–water partition coefficient (Wildman–Crippen LogP) is 2.30. The normalized spacial score (nSPS) is 21.6. The topological polar surface area (TPSA) is 49.8 Å². The SMILES string of the molecule is Cc1cccc(OCCC(=O)N2CCC(C)C2CO)c1C. The van der Waals surface area contributed by atoms with Crippen molar-refractivity contribution < 1.29 is 14.6 Å². The molecule has 2 rings (SSSR count). The second kappa shape index (κ2) is 6.94. The van der Waals surface area contributed by atoms with Gasteiger partial charge in [-0.05, 0) is 43.4 Å². The Bertz CT molecular complexity index is 501. The van der Waals surface area contributed by atoms with Crippen molar-refractivity contribution in [1.29, 1.82) is 0 Å². The number of aliphatic hydroxyl groups is 1. The lowest BCUT2D eigenvalue weighted by Gasteiger charge is -2.25. The molecule has 1 amide bonds. The van der Waals surface area contributed by atoms with Crippen LogP contribution in [0.4, 0.5) is 0 Å². The molecular formula is C17H25NO3. The van der Waals surface area contributed by atoms with Crippen LogP contribution in [0.25, 0.3) is 0 Å². The molecule has 0 bridgehead atoms. The van der Waals surface area contributed by atoms with Gasteiger partial charge in [-0.2, -0.15) is 0 Å². The first-order valence-electron chi connectivity index (χ1n) is 7.64. The van der Waals surface area contributed by atoms with Gasteiger partial charge < -0.3 is 14.7 Å². The molecule has 1 aliphatic rings. The molecule has 0 aromatic heterocycles. The van der Waals surface area contributed by atoms with E-state index < -0.39 is 0 Å². The fourth-order valence-corrected chi connectivity index (χ4v) is 2.87. The van der Waals surface area contributed by atoms with Gasteiger partial charge in [0.2, 0.25) is 5.91 Å². The van der Waals surface area contributed by atoms with E-state index in [0.717, 1.165) is 24.3 Å². The van der Waals surface area contributed by atoms with Crippen LogP contribution in [-0.4, -0.2) is 41.7 Å². The summed E-state index contributed by atoms with van der Waals surface area (Å²) in [5.41, 5.74) is 2.31. The van der Waals surface area contributed by atoms with E-state index in [4.69, 9.17) is 4.74 Å². The maximum Gasteiger partial charge on any atom is 0.226 e. The maximum atomic E-state index is 12.2. The number of carbonyl (C=O) groups is 1. The molecule has 0 radical (unpaired) electrons. The number of benzene rings is 1. The fraction of sp³-hybridized carbons (Fsp3) is 0.588. The molecule has 0 spiro atoms. The number of hydrogen-bond donors (Lipinski definition) is 1. The van der Waals surface area contributed by atoms with E-state index in [2.05, 4.69) is 6.92 Å². The zero-order valence-electron chi connectivity index (χ0n) is 13.1. The van der Waals surface area contributed by atoms with Crippen molar-refractivity contribution in [2.75, 3.05) is 19.8 Å². The van der Waals surface area contributed by atoms with Gasteiger partial charge in [0.15, 0.2) is 0 Å².